The molecule has 0 radical (unpaired) electrons. The molecule has 0 aliphatic carbocycles. The predicted octanol–water partition coefficient (Wildman–Crippen LogP) is 1.57. The quantitative estimate of drug-likeness (QED) is 0.539. The first-order valence-corrected chi connectivity index (χ1v) is 3.51. The highest BCUT2D eigenvalue weighted by Gasteiger charge is 2.14. The van der Waals surface area contributed by atoms with Crippen LogP contribution in [0.1, 0.15) is 20.3 Å². The maximum absolute atomic E-state index is 11.0. The Hall–Kier alpha value is -0.920. The van der Waals surface area contributed by atoms with Crippen LogP contribution in [0.15, 0.2) is 17.1 Å². The predicted molar refractivity (Wildman–Crippen MR) is 41.0 cm³/mol. The molecule has 1 atom stereocenters. The molecule has 10 heavy (non-hydrogen) atoms. The maximum atomic E-state index is 11.0. The fourth-order valence-corrected chi connectivity index (χ4v) is 0.942. The van der Waals surface area contributed by atoms with Crippen LogP contribution in [0.4, 0.5) is 0 Å². The maximum Gasteiger partial charge on any atom is 0.252 e. The highest BCUT2D eigenvalue weighted by atomic mass is 16.1. The summed E-state index contributed by atoms with van der Waals surface area (Å²) in [6.45, 7) is 3.82. The zero-order valence-corrected chi connectivity index (χ0v) is 6.29. The van der Waals surface area contributed by atoms with Crippen molar-refractivity contribution < 1.29 is 4.79 Å². The number of allylic oxidation sites excluding steroid dienone is 1. The fraction of sp³-hybridized carbons (Fsp3) is 0.500. The average Bonchev–Trinajstić information content (AvgIpc) is 1.88. The number of amides is 1. The molecule has 0 N–H and O–H groups in total. The lowest BCUT2D eigenvalue weighted by molar-refractivity contribution is -0.120. The first-order chi connectivity index (χ1) is 4.74. The topological polar surface area (TPSA) is 29.4 Å². The summed E-state index contributed by atoms with van der Waals surface area (Å²) in [4.78, 5) is 14.8. The molecular weight excluding hydrogens is 126 g/mol. The van der Waals surface area contributed by atoms with Gasteiger partial charge in [0.2, 0.25) is 0 Å². The molecule has 0 bridgehead atoms. The van der Waals surface area contributed by atoms with Gasteiger partial charge >= 0.3 is 0 Å². The number of hydrogen-bond donors (Lipinski definition) is 0. The van der Waals surface area contributed by atoms with Crippen molar-refractivity contribution in [3.63, 3.8) is 0 Å². The zero-order chi connectivity index (χ0) is 7.56. The summed E-state index contributed by atoms with van der Waals surface area (Å²) in [7, 11) is 0. The zero-order valence-electron chi connectivity index (χ0n) is 6.29. The van der Waals surface area contributed by atoms with E-state index in [0.717, 1.165) is 12.1 Å². The van der Waals surface area contributed by atoms with Gasteiger partial charge in [0.15, 0.2) is 0 Å². The second-order valence-corrected chi connectivity index (χ2v) is 2.47. The third kappa shape index (κ3) is 1.32. The number of rotatable bonds is 1. The van der Waals surface area contributed by atoms with E-state index < -0.39 is 0 Å². The molecule has 0 fully saturated rings. The van der Waals surface area contributed by atoms with Crippen LogP contribution in [0.25, 0.3) is 0 Å². The van der Waals surface area contributed by atoms with Gasteiger partial charge in [0.1, 0.15) is 0 Å². The van der Waals surface area contributed by atoms with Crippen LogP contribution in [0.2, 0.25) is 0 Å². The van der Waals surface area contributed by atoms with Crippen molar-refractivity contribution in [2.75, 3.05) is 0 Å². The van der Waals surface area contributed by atoms with E-state index >= 15 is 0 Å². The molecule has 1 unspecified atom stereocenters. The smallest absolute Gasteiger partial charge is 0.252 e. The first-order valence-electron chi connectivity index (χ1n) is 3.51. The van der Waals surface area contributed by atoms with Crippen LogP contribution in [-0.2, 0) is 4.79 Å². The van der Waals surface area contributed by atoms with Crippen molar-refractivity contribution >= 4 is 11.6 Å². The molecule has 0 saturated heterocycles. The Bertz CT molecular complexity index is 203. The molecule has 0 saturated carbocycles. The highest BCUT2D eigenvalue weighted by molar-refractivity contribution is 6.04. The Kier molecular flexibility index (Phi) is 2.00. The third-order valence-corrected chi connectivity index (χ3v) is 1.61. The van der Waals surface area contributed by atoms with Crippen LogP contribution in [-0.4, -0.2) is 11.6 Å². The summed E-state index contributed by atoms with van der Waals surface area (Å²) >= 11 is 0. The Morgan fingerprint density at radius 1 is 1.70 bits per heavy atom. The van der Waals surface area contributed by atoms with E-state index in [0.29, 0.717) is 0 Å². The van der Waals surface area contributed by atoms with Gasteiger partial charge in [-0.2, -0.15) is 0 Å². The summed E-state index contributed by atoms with van der Waals surface area (Å²) in [6, 6.07) is 0. The van der Waals surface area contributed by atoms with E-state index in [4.69, 9.17) is 0 Å². The summed E-state index contributed by atoms with van der Waals surface area (Å²) < 4.78 is 0. The lowest BCUT2D eigenvalue weighted by Crippen LogP contribution is -2.13. The molecule has 1 amide bonds. The van der Waals surface area contributed by atoms with Gasteiger partial charge in [-0.1, -0.05) is 13.0 Å². The number of dihydropyridines is 1. The standard InChI is InChI=1S/C8H11NO/c1-3-7-5-4-6(2)9-8(7)10/h4-5,7H,3H2,1-2H3. The van der Waals surface area contributed by atoms with E-state index in [1.54, 1.807) is 0 Å². The van der Waals surface area contributed by atoms with Crippen LogP contribution >= 0.6 is 0 Å². The minimum atomic E-state index is 0.00231. The molecule has 1 aliphatic heterocycles. The number of hydrogen-bond acceptors (Lipinski definition) is 1. The molecule has 0 aromatic heterocycles. The van der Waals surface area contributed by atoms with Gasteiger partial charge in [-0.25, -0.2) is 4.99 Å². The molecule has 54 valence electrons. The fourth-order valence-electron chi connectivity index (χ4n) is 0.942. The van der Waals surface area contributed by atoms with Gasteiger partial charge in [0.25, 0.3) is 5.91 Å². The SMILES string of the molecule is CCC1C=CC(C)=NC1=O. The molecule has 1 heterocycles. The van der Waals surface area contributed by atoms with Gasteiger partial charge < -0.3 is 0 Å². The van der Waals surface area contributed by atoms with E-state index in [2.05, 4.69) is 4.99 Å². The Labute approximate surface area is 60.7 Å². The Morgan fingerprint density at radius 2 is 2.40 bits per heavy atom. The van der Waals surface area contributed by atoms with Gasteiger partial charge in [-0.15, -0.1) is 0 Å². The Morgan fingerprint density at radius 3 is 2.90 bits per heavy atom. The molecule has 1 aliphatic rings. The van der Waals surface area contributed by atoms with Crippen molar-refractivity contribution in [3.8, 4) is 0 Å². The number of carbonyl (C=O) groups is 1. The minimum absolute atomic E-state index is 0.00231. The summed E-state index contributed by atoms with van der Waals surface area (Å²) in [5.41, 5.74) is 0.815. The van der Waals surface area contributed by atoms with Gasteiger partial charge in [0.05, 0.1) is 5.92 Å². The summed E-state index contributed by atoms with van der Waals surface area (Å²) in [5.74, 6) is 0.0335. The molecule has 2 heteroatoms. The van der Waals surface area contributed by atoms with E-state index in [9.17, 15) is 4.79 Å². The van der Waals surface area contributed by atoms with Crippen molar-refractivity contribution in [1.82, 2.24) is 0 Å². The van der Waals surface area contributed by atoms with Crippen LogP contribution < -0.4 is 0 Å². The normalized spacial score (nSPS) is 24.8. The van der Waals surface area contributed by atoms with E-state index in [-0.39, 0.29) is 11.8 Å². The van der Waals surface area contributed by atoms with E-state index in [1.165, 1.54) is 0 Å². The van der Waals surface area contributed by atoms with Crippen molar-refractivity contribution in [2.24, 2.45) is 10.9 Å². The van der Waals surface area contributed by atoms with Crippen LogP contribution in [0, 0.1) is 5.92 Å². The van der Waals surface area contributed by atoms with Gasteiger partial charge in [-0.05, 0) is 19.4 Å². The first kappa shape index (κ1) is 7.19. The molecule has 0 aromatic rings. The van der Waals surface area contributed by atoms with E-state index in [1.807, 2.05) is 26.0 Å². The lowest BCUT2D eigenvalue weighted by Gasteiger charge is -2.08. The molecule has 0 aromatic carbocycles. The molecular formula is C8H11NO. The van der Waals surface area contributed by atoms with Crippen molar-refractivity contribution in [2.45, 2.75) is 20.3 Å². The van der Waals surface area contributed by atoms with Crippen LogP contribution in [0.3, 0.4) is 0 Å². The highest BCUT2D eigenvalue weighted by Crippen LogP contribution is 2.11. The second-order valence-electron chi connectivity index (χ2n) is 2.47. The van der Waals surface area contributed by atoms with Gasteiger partial charge in [-0.3, -0.25) is 4.79 Å². The second kappa shape index (κ2) is 2.78. The minimum Gasteiger partial charge on any atom is -0.272 e. The lowest BCUT2D eigenvalue weighted by atomic mass is 10.0. The molecule has 1 rings (SSSR count). The molecule has 0 spiro atoms. The summed E-state index contributed by atoms with van der Waals surface area (Å²) in [5, 5.41) is 0. The van der Waals surface area contributed by atoms with Gasteiger partial charge in [0, 0.05) is 5.71 Å². The monoisotopic (exact) mass is 137 g/mol. The average molecular weight is 137 g/mol. The molecule has 2 nitrogen and oxygen atoms in total. The number of nitrogens with zero attached hydrogens (tertiary/aromatic N) is 1. The number of carbonyl (C=O) groups excluding carboxylic acids is 1. The Balaban J connectivity index is 2.74. The number of aliphatic imine (C=N–C) groups is 1. The summed E-state index contributed by atoms with van der Waals surface area (Å²) in [6.07, 6.45) is 4.67. The van der Waals surface area contributed by atoms with Crippen molar-refractivity contribution in [3.05, 3.63) is 12.2 Å². The third-order valence-electron chi connectivity index (χ3n) is 1.61. The van der Waals surface area contributed by atoms with Crippen molar-refractivity contribution in [1.29, 1.82) is 0 Å². The van der Waals surface area contributed by atoms with Crippen LogP contribution in [0.5, 0.6) is 0 Å². The largest absolute Gasteiger partial charge is 0.272 e.